The number of aromatic nitrogens is 3. The van der Waals surface area contributed by atoms with Gasteiger partial charge in [-0.3, -0.25) is 4.90 Å². The number of hydrogen-bond acceptors (Lipinski definition) is 6. The Kier molecular flexibility index (Phi) is 5.45. The van der Waals surface area contributed by atoms with Crippen LogP contribution in [-0.4, -0.2) is 40.1 Å². The average Bonchev–Trinajstić information content (AvgIpc) is 3.26. The Labute approximate surface area is 145 Å². The Morgan fingerprint density at radius 1 is 1.29 bits per heavy atom. The van der Waals surface area contributed by atoms with E-state index in [2.05, 4.69) is 31.8 Å². The number of likely N-dealkylation sites (N-methyl/N-ethyl adjacent to an activating group) is 1. The van der Waals surface area contributed by atoms with Gasteiger partial charge in [-0.1, -0.05) is 0 Å². The number of imidazole rings is 1. The Morgan fingerprint density at radius 3 is 2.83 bits per heavy atom. The molecule has 0 unspecified atom stereocenters. The monoisotopic (exact) mass is 343 g/mol. The zero-order chi connectivity index (χ0) is 16.8. The van der Waals surface area contributed by atoms with Gasteiger partial charge in [-0.05, 0) is 31.3 Å². The largest absolute Gasteiger partial charge is 0.497 e. The quantitative estimate of drug-likeness (QED) is 0.680. The molecule has 2 aromatic heterocycles. The van der Waals surface area contributed by atoms with E-state index in [0.29, 0.717) is 0 Å². The summed E-state index contributed by atoms with van der Waals surface area (Å²) in [4.78, 5) is 12.0. The molecule has 0 atom stereocenters. The molecule has 0 saturated carbocycles. The molecule has 0 radical (unpaired) electrons. The highest BCUT2D eigenvalue weighted by atomic mass is 32.1. The molecule has 0 aliphatic rings. The molecule has 0 aliphatic carbocycles. The number of methoxy groups -OCH3 is 1. The van der Waals surface area contributed by atoms with Crippen LogP contribution in [0.5, 0.6) is 5.75 Å². The fourth-order valence-electron chi connectivity index (χ4n) is 2.29. The van der Waals surface area contributed by atoms with Gasteiger partial charge in [-0.25, -0.2) is 9.97 Å². The van der Waals surface area contributed by atoms with E-state index in [1.165, 1.54) is 4.88 Å². The molecule has 126 valence electrons. The summed E-state index contributed by atoms with van der Waals surface area (Å²) in [6.07, 6.45) is 7.57. The first kappa shape index (κ1) is 16.5. The van der Waals surface area contributed by atoms with Crippen molar-refractivity contribution < 1.29 is 4.74 Å². The van der Waals surface area contributed by atoms with E-state index in [4.69, 9.17) is 4.74 Å². The minimum atomic E-state index is 0.847. The van der Waals surface area contributed by atoms with Crippen molar-refractivity contribution >= 4 is 22.2 Å². The SMILES string of the molecule is COc1ccc(Nc2ncc(CN(C)CCn3ccnc3)s2)cc1. The van der Waals surface area contributed by atoms with Gasteiger partial charge in [0.1, 0.15) is 5.75 Å². The molecule has 2 heterocycles. The van der Waals surface area contributed by atoms with Crippen LogP contribution >= 0.6 is 11.3 Å². The summed E-state index contributed by atoms with van der Waals surface area (Å²) in [6.45, 7) is 2.79. The highest BCUT2D eigenvalue weighted by molar-refractivity contribution is 7.15. The van der Waals surface area contributed by atoms with E-state index in [-0.39, 0.29) is 0 Å². The van der Waals surface area contributed by atoms with Crippen molar-refractivity contribution in [3.05, 3.63) is 54.1 Å². The second-order valence-electron chi connectivity index (χ2n) is 5.52. The Bertz CT molecular complexity index is 739. The second-order valence-corrected chi connectivity index (χ2v) is 6.64. The lowest BCUT2D eigenvalue weighted by atomic mass is 10.3. The lowest BCUT2D eigenvalue weighted by Crippen LogP contribution is -2.22. The van der Waals surface area contributed by atoms with Crippen LogP contribution in [0.1, 0.15) is 4.88 Å². The van der Waals surface area contributed by atoms with Crippen molar-refractivity contribution in [3.8, 4) is 5.75 Å². The van der Waals surface area contributed by atoms with Crippen LogP contribution in [0.2, 0.25) is 0 Å². The maximum atomic E-state index is 5.17. The smallest absolute Gasteiger partial charge is 0.187 e. The normalized spacial score (nSPS) is 11.0. The third-order valence-electron chi connectivity index (χ3n) is 3.62. The van der Waals surface area contributed by atoms with Gasteiger partial charge in [0.15, 0.2) is 5.13 Å². The van der Waals surface area contributed by atoms with E-state index in [1.807, 2.05) is 43.0 Å². The summed E-state index contributed by atoms with van der Waals surface area (Å²) in [6, 6.07) is 7.83. The van der Waals surface area contributed by atoms with Gasteiger partial charge in [-0.2, -0.15) is 0 Å². The van der Waals surface area contributed by atoms with Crippen LogP contribution in [0, 0.1) is 0 Å². The van der Waals surface area contributed by atoms with Crippen molar-refractivity contribution in [3.63, 3.8) is 0 Å². The summed E-state index contributed by atoms with van der Waals surface area (Å²) < 4.78 is 7.25. The fraction of sp³-hybridized carbons (Fsp3) is 0.294. The molecule has 6 nitrogen and oxygen atoms in total. The van der Waals surface area contributed by atoms with Gasteiger partial charge in [0.2, 0.25) is 0 Å². The Hall–Kier alpha value is -2.38. The molecule has 3 aromatic rings. The highest BCUT2D eigenvalue weighted by Gasteiger charge is 2.06. The molecule has 0 bridgehead atoms. The molecule has 0 amide bonds. The van der Waals surface area contributed by atoms with Crippen LogP contribution in [0.3, 0.4) is 0 Å². The number of hydrogen-bond donors (Lipinski definition) is 1. The van der Waals surface area contributed by atoms with Gasteiger partial charge in [-0.15, -0.1) is 11.3 Å². The highest BCUT2D eigenvalue weighted by Crippen LogP contribution is 2.24. The van der Waals surface area contributed by atoms with Gasteiger partial charge >= 0.3 is 0 Å². The zero-order valence-corrected chi connectivity index (χ0v) is 14.7. The van der Waals surface area contributed by atoms with Crippen LogP contribution in [0.15, 0.2) is 49.2 Å². The summed E-state index contributed by atoms with van der Waals surface area (Å²) in [7, 11) is 3.78. The molecule has 0 aliphatic heterocycles. The summed E-state index contributed by atoms with van der Waals surface area (Å²) in [5, 5.41) is 4.23. The molecule has 24 heavy (non-hydrogen) atoms. The van der Waals surface area contributed by atoms with Gasteiger partial charge in [0, 0.05) is 48.8 Å². The van der Waals surface area contributed by atoms with E-state index in [9.17, 15) is 0 Å². The average molecular weight is 343 g/mol. The number of anilines is 2. The number of nitrogens with zero attached hydrogens (tertiary/aromatic N) is 4. The van der Waals surface area contributed by atoms with Crippen LogP contribution < -0.4 is 10.1 Å². The minimum Gasteiger partial charge on any atom is -0.497 e. The van der Waals surface area contributed by atoms with Gasteiger partial charge in [0.25, 0.3) is 0 Å². The zero-order valence-electron chi connectivity index (χ0n) is 13.8. The topological polar surface area (TPSA) is 55.2 Å². The lowest BCUT2D eigenvalue weighted by molar-refractivity contribution is 0.314. The van der Waals surface area contributed by atoms with E-state index < -0.39 is 0 Å². The van der Waals surface area contributed by atoms with Crippen molar-refractivity contribution in [2.24, 2.45) is 0 Å². The van der Waals surface area contributed by atoms with Crippen molar-refractivity contribution in [2.45, 2.75) is 13.1 Å². The molecule has 1 aromatic carbocycles. The molecule has 1 N–H and O–H groups in total. The van der Waals surface area contributed by atoms with Crippen LogP contribution in [0.25, 0.3) is 0 Å². The number of thiazole rings is 1. The van der Waals surface area contributed by atoms with E-state index in [0.717, 1.165) is 36.2 Å². The summed E-state index contributed by atoms with van der Waals surface area (Å²) in [5.41, 5.74) is 1.00. The lowest BCUT2D eigenvalue weighted by Gasteiger charge is -2.15. The predicted octanol–water partition coefficient (Wildman–Crippen LogP) is 3.22. The molecule has 0 spiro atoms. The Morgan fingerprint density at radius 2 is 2.12 bits per heavy atom. The maximum absolute atomic E-state index is 5.17. The van der Waals surface area contributed by atoms with E-state index >= 15 is 0 Å². The first-order valence-corrected chi connectivity index (χ1v) is 8.54. The fourth-order valence-corrected chi connectivity index (χ4v) is 3.20. The van der Waals surface area contributed by atoms with Gasteiger partial charge < -0.3 is 14.6 Å². The van der Waals surface area contributed by atoms with Crippen LogP contribution in [-0.2, 0) is 13.1 Å². The van der Waals surface area contributed by atoms with Gasteiger partial charge in [0.05, 0.1) is 13.4 Å². The summed E-state index contributed by atoms with van der Waals surface area (Å²) >= 11 is 1.68. The predicted molar refractivity (Wildman–Crippen MR) is 97.0 cm³/mol. The molecule has 0 saturated heterocycles. The van der Waals surface area contributed by atoms with E-state index in [1.54, 1.807) is 24.6 Å². The van der Waals surface area contributed by atoms with Crippen molar-refractivity contribution in [1.29, 1.82) is 0 Å². The minimum absolute atomic E-state index is 0.847. The third-order valence-corrected chi connectivity index (χ3v) is 4.52. The third kappa shape index (κ3) is 4.56. The van der Waals surface area contributed by atoms with Crippen molar-refractivity contribution in [1.82, 2.24) is 19.4 Å². The van der Waals surface area contributed by atoms with Crippen molar-refractivity contribution in [2.75, 3.05) is 26.0 Å². The number of ether oxygens (including phenoxy) is 1. The molecule has 0 fully saturated rings. The first-order chi connectivity index (χ1) is 11.7. The molecule has 3 rings (SSSR count). The number of benzene rings is 1. The molecule has 7 heteroatoms. The molecular weight excluding hydrogens is 322 g/mol. The number of nitrogens with one attached hydrogen (secondary N) is 1. The molecular formula is C17H21N5OS. The first-order valence-electron chi connectivity index (χ1n) is 7.73. The Balaban J connectivity index is 1.50. The maximum Gasteiger partial charge on any atom is 0.187 e. The number of rotatable bonds is 8. The summed E-state index contributed by atoms with van der Waals surface area (Å²) in [5.74, 6) is 0.847. The second kappa shape index (κ2) is 7.94. The van der Waals surface area contributed by atoms with Crippen LogP contribution in [0.4, 0.5) is 10.8 Å². The standard InChI is InChI=1S/C17H21N5OS/c1-21(9-10-22-8-7-18-13-22)12-16-11-19-17(24-16)20-14-3-5-15(23-2)6-4-14/h3-8,11,13H,9-10,12H2,1-2H3,(H,19,20).